The van der Waals surface area contributed by atoms with Gasteiger partial charge in [0.05, 0.1) is 12.8 Å². The molecule has 19 heavy (non-hydrogen) atoms. The maximum absolute atomic E-state index is 11.1. The molecule has 1 saturated heterocycles. The minimum Gasteiger partial charge on any atom is -0.453 e. The van der Waals surface area contributed by atoms with Gasteiger partial charge in [-0.2, -0.15) is 0 Å². The Hall–Kier alpha value is -1.86. The fraction of sp³-hybridized carbons (Fsp3) is 0.500. The summed E-state index contributed by atoms with van der Waals surface area (Å²) in [7, 11) is 1.37. The summed E-state index contributed by atoms with van der Waals surface area (Å²) in [6, 6.07) is 5.83. The second-order valence-electron chi connectivity index (χ2n) is 4.52. The number of alkyl carbamates (subject to hydrolysis) is 1. The molecule has 1 aliphatic rings. The highest BCUT2D eigenvalue weighted by Crippen LogP contribution is 2.13. The van der Waals surface area contributed by atoms with Crippen LogP contribution in [0.3, 0.4) is 0 Å². The van der Waals surface area contributed by atoms with Gasteiger partial charge in [0.25, 0.3) is 0 Å². The predicted molar refractivity (Wildman–Crippen MR) is 71.3 cm³/mol. The van der Waals surface area contributed by atoms with Crippen molar-refractivity contribution < 1.29 is 9.53 Å². The van der Waals surface area contributed by atoms with Crippen molar-refractivity contribution in [1.29, 1.82) is 0 Å². The number of rotatable bonds is 4. The first-order chi connectivity index (χ1) is 9.21. The van der Waals surface area contributed by atoms with E-state index in [2.05, 4.69) is 25.4 Å². The van der Waals surface area contributed by atoms with Crippen LogP contribution < -0.4 is 16.6 Å². The second-order valence-corrected chi connectivity index (χ2v) is 4.52. The van der Waals surface area contributed by atoms with Gasteiger partial charge in [-0.25, -0.2) is 15.6 Å². The molecule has 104 valence electrons. The highest BCUT2D eigenvalue weighted by atomic mass is 16.5. The van der Waals surface area contributed by atoms with Gasteiger partial charge in [-0.3, -0.25) is 4.90 Å². The Balaban J connectivity index is 1.85. The lowest BCUT2D eigenvalue weighted by Crippen LogP contribution is -2.36. The molecule has 1 unspecified atom stereocenters. The number of likely N-dealkylation sites (tertiary alicyclic amines) is 1. The van der Waals surface area contributed by atoms with Crippen molar-refractivity contribution in [1.82, 2.24) is 15.2 Å². The number of nitrogens with two attached hydrogens (primary N) is 1. The third-order valence-corrected chi connectivity index (χ3v) is 3.12. The number of nitrogens with one attached hydrogen (secondary N) is 2. The molecular weight excluding hydrogens is 246 g/mol. The van der Waals surface area contributed by atoms with E-state index in [1.165, 1.54) is 7.11 Å². The molecule has 1 fully saturated rings. The molecule has 0 bridgehead atoms. The molecule has 0 radical (unpaired) electrons. The van der Waals surface area contributed by atoms with Gasteiger partial charge in [-0.05, 0) is 18.6 Å². The topological polar surface area (TPSA) is 92.5 Å². The summed E-state index contributed by atoms with van der Waals surface area (Å²) in [6.07, 6.45) is 0.545. The van der Waals surface area contributed by atoms with Gasteiger partial charge >= 0.3 is 6.09 Å². The number of anilines is 1. The Kier molecular flexibility index (Phi) is 4.53. The summed E-state index contributed by atoms with van der Waals surface area (Å²) in [6.45, 7) is 2.47. The normalized spacial score (nSPS) is 19.2. The van der Waals surface area contributed by atoms with Crippen molar-refractivity contribution in [2.75, 3.05) is 25.6 Å². The number of hydrogen-bond donors (Lipinski definition) is 3. The molecule has 0 spiro atoms. The number of amides is 1. The fourth-order valence-electron chi connectivity index (χ4n) is 2.20. The molecule has 7 heteroatoms. The predicted octanol–water partition coefficient (Wildman–Crippen LogP) is 0.298. The highest BCUT2D eigenvalue weighted by Gasteiger charge is 2.24. The van der Waals surface area contributed by atoms with Gasteiger partial charge in [-0.15, -0.1) is 0 Å². The van der Waals surface area contributed by atoms with Crippen LogP contribution in [0.2, 0.25) is 0 Å². The average molecular weight is 265 g/mol. The highest BCUT2D eigenvalue weighted by molar-refractivity contribution is 5.67. The molecule has 1 amide bonds. The Labute approximate surface area is 112 Å². The first kappa shape index (κ1) is 13.6. The summed E-state index contributed by atoms with van der Waals surface area (Å²) >= 11 is 0. The molecule has 4 N–H and O–H groups in total. The molecule has 0 aliphatic carbocycles. The van der Waals surface area contributed by atoms with Gasteiger partial charge < -0.3 is 15.5 Å². The molecule has 1 aromatic rings. The third-order valence-electron chi connectivity index (χ3n) is 3.12. The number of ether oxygens (including phenoxy) is 1. The van der Waals surface area contributed by atoms with Gasteiger partial charge in [0.15, 0.2) is 0 Å². The van der Waals surface area contributed by atoms with Crippen LogP contribution in [-0.4, -0.2) is 42.2 Å². The van der Waals surface area contributed by atoms with E-state index in [4.69, 9.17) is 5.84 Å². The minimum absolute atomic E-state index is 0.142. The molecule has 2 heterocycles. The summed E-state index contributed by atoms with van der Waals surface area (Å²) in [4.78, 5) is 17.7. The molecule has 2 rings (SSSR count). The van der Waals surface area contributed by atoms with Gasteiger partial charge in [0, 0.05) is 25.7 Å². The summed E-state index contributed by atoms with van der Waals surface area (Å²) < 4.78 is 4.59. The molecule has 0 saturated carbocycles. The molecule has 0 aromatic carbocycles. The summed E-state index contributed by atoms with van der Waals surface area (Å²) in [5.74, 6) is 5.99. The molecule has 1 aromatic heterocycles. The van der Waals surface area contributed by atoms with Crippen molar-refractivity contribution in [3.05, 3.63) is 23.9 Å². The molecule has 7 nitrogen and oxygen atoms in total. The Morgan fingerprint density at radius 2 is 2.47 bits per heavy atom. The van der Waals surface area contributed by atoms with E-state index in [1.807, 2.05) is 18.2 Å². The fourth-order valence-corrected chi connectivity index (χ4v) is 2.20. The number of aromatic nitrogens is 1. The van der Waals surface area contributed by atoms with E-state index in [-0.39, 0.29) is 12.1 Å². The molecular formula is C12H19N5O2. The van der Waals surface area contributed by atoms with Crippen LogP contribution in [-0.2, 0) is 11.3 Å². The van der Waals surface area contributed by atoms with Crippen molar-refractivity contribution in [2.45, 2.75) is 19.0 Å². The van der Waals surface area contributed by atoms with Crippen molar-refractivity contribution in [3.63, 3.8) is 0 Å². The van der Waals surface area contributed by atoms with Crippen molar-refractivity contribution in [2.24, 2.45) is 5.84 Å². The number of pyridine rings is 1. The van der Waals surface area contributed by atoms with Crippen LogP contribution in [0.4, 0.5) is 10.6 Å². The van der Waals surface area contributed by atoms with Crippen LogP contribution in [0.1, 0.15) is 12.1 Å². The standard InChI is InChI=1S/C12H19N5O2/c1-19-12(18)15-10-5-6-17(8-10)7-9-3-2-4-11(14-9)16-13/h2-4,10H,5-8,13H2,1H3,(H,14,16)(H,15,18). The Morgan fingerprint density at radius 1 is 1.63 bits per heavy atom. The lowest BCUT2D eigenvalue weighted by Gasteiger charge is -2.16. The monoisotopic (exact) mass is 265 g/mol. The van der Waals surface area contributed by atoms with Crippen molar-refractivity contribution in [3.8, 4) is 0 Å². The van der Waals surface area contributed by atoms with E-state index in [9.17, 15) is 4.79 Å². The van der Waals surface area contributed by atoms with E-state index in [0.29, 0.717) is 5.82 Å². The quantitative estimate of drug-likeness (QED) is 0.535. The number of methoxy groups -OCH3 is 1. The van der Waals surface area contributed by atoms with Crippen molar-refractivity contribution >= 4 is 11.9 Å². The van der Waals surface area contributed by atoms with Crippen LogP contribution >= 0.6 is 0 Å². The van der Waals surface area contributed by atoms with Gasteiger partial charge in [0.1, 0.15) is 5.82 Å². The van der Waals surface area contributed by atoms with Crippen LogP contribution in [0.25, 0.3) is 0 Å². The van der Waals surface area contributed by atoms with Crippen LogP contribution in [0.15, 0.2) is 18.2 Å². The van der Waals surface area contributed by atoms with E-state index in [0.717, 1.165) is 31.7 Å². The van der Waals surface area contributed by atoms with E-state index in [1.54, 1.807) is 0 Å². The summed E-state index contributed by atoms with van der Waals surface area (Å²) in [5, 5.41) is 2.81. The second kappa shape index (κ2) is 6.35. The molecule has 1 atom stereocenters. The van der Waals surface area contributed by atoms with E-state index < -0.39 is 0 Å². The minimum atomic E-state index is -0.376. The first-order valence-corrected chi connectivity index (χ1v) is 6.20. The Morgan fingerprint density at radius 3 is 3.21 bits per heavy atom. The number of carbonyl (C=O) groups excluding carboxylic acids is 1. The van der Waals surface area contributed by atoms with Gasteiger partial charge in [-0.1, -0.05) is 6.07 Å². The number of nitrogens with zero attached hydrogens (tertiary/aromatic N) is 2. The maximum Gasteiger partial charge on any atom is 0.407 e. The third kappa shape index (κ3) is 3.80. The lowest BCUT2D eigenvalue weighted by molar-refractivity contribution is 0.166. The Bertz CT molecular complexity index is 440. The number of hydrogen-bond acceptors (Lipinski definition) is 6. The zero-order chi connectivity index (χ0) is 13.7. The average Bonchev–Trinajstić information content (AvgIpc) is 2.86. The summed E-state index contributed by atoms with van der Waals surface area (Å²) in [5.41, 5.74) is 3.48. The first-order valence-electron chi connectivity index (χ1n) is 6.20. The van der Waals surface area contributed by atoms with Crippen LogP contribution in [0, 0.1) is 0 Å². The zero-order valence-electron chi connectivity index (χ0n) is 10.9. The van der Waals surface area contributed by atoms with Gasteiger partial charge in [0.2, 0.25) is 0 Å². The number of carbonyl (C=O) groups is 1. The molecule has 1 aliphatic heterocycles. The van der Waals surface area contributed by atoms with Crippen LogP contribution in [0.5, 0.6) is 0 Å². The smallest absolute Gasteiger partial charge is 0.407 e. The largest absolute Gasteiger partial charge is 0.453 e. The maximum atomic E-state index is 11.1. The number of hydrazine groups is 1. The SMILES string of the molecule is COC(=O)NC1CCN(Cc2cccc(NN)n2)C1. The number of nitrogen functional groups attached to an aromatic ring is 1. The van der Waals surface area contributed by atoms with E-state index >= 15 is 0 Å². The lowest BCUT2D eigenvalue weighted by atomic mass is 10.3. The zero-order valence-corrected chi connectivity index (χ0v) is 10.9.